The summed E-state index contributed by atoms with van der Waals surface area (Å²) in [6, 6.07) is 102. The highest BCUT2D eigenvalue weighted by atomic mass is 79.9. The van der Waals surface area contributed by atoms with Crippen LogP contribution in [0.25, 0.3) is 84.6 Å². The molecule has 0 spiro atoms. The van der Waals surface area contributed by atoms with Gasteiger partial charge in [0.25, 0.3) is 0 Å². The maximum atomic E-state index is 3.53. The largest absolute Gasteiger partial charge is 0.309 e. The minimum Gasteiger partial charge on any atom is -0.309 e. The van der Waals surface area contributed by atoms with Crippen LogP contribution in [0.4, 0.5) is 0 Å². The van der Waals surface area contributed by atoms with E-state index in [9.17, 15) is 0 Å². The number of aromatic nitrogens is 3. The van der Waals surface area contributed by atoms with E-state index in [-0.39, 0.29) is 0 Å². The molecule has 0 aliphatic heterocycles. The summed E-state index contributed by atoms with van der Waals surface area (Å²) in [6.07, 6.45) is 0. The van der Waals surface area contributed by atoms with Crippen LogP contribution >= 0.6 is 31.9 Å². The monoisotopic (exact) mass is 1140 g/mol. The van der Waals surface area contributed by atoms with Crippen LogP contribution < -0.4 is 0 Å². The average molecular weight is 1140 g/mol. The van der Waals surface area contributed by atoms with Crippen LogP contribution in [0.3, 0.4) is 0 Å². The van der Waals surface area contributed by atoms with Crippen molar-refractivity contribution in [3.8, 4) is 96.1 Å². The molecule has 77 heavy (non-hydrogen) atoms. The quantitative estimate of drug-likeness (QED) is 0.101. The zero-order chi connectivity index (χ0) is 53.0. The third kappa shape index (κ3) is 12.8. The number of benzene rings is 9. The van der Waals surface area contributed by atoms with Crippen LogP contribution in [0.1, 0.15) is 5.56 Å². The zero-order valence-corrected chi connectivity index (χ0v) is 47.5. The molecule has 3 heterocycles. The molecule has 0 N–H and O–H groups in total. The second-order valence-electron chi connectivity index (χ2n) is 19.5. The second kappa shape index (κ2) is 24.5. The summed E-state index contributed by atoms with van der Waals surface area (Å²) in [5.74, 6) is 3.35. The van der Waals surface area contributed by atoms with E-state index in [1.165, 1.54) is 67.5 Å². The van der Waals surface area contributed by atoms with Crippen molar-refractivity contribution in [3.05, 3.63) is 306 Å². The molecule has 0 atom stereocenters. The van der Waals surface area contributed by atoms with Crippen molar-refractivity contribution >= 4 is 39.9 Å². The highest BCUT2D eigenvalue weighted by molar-refractivity contribution is 9.10. The second-order valence-corrected chi connectivity index (χ2v) is 26.1. The lowest BCUT2D eigenvalue weighted by Gasteiger charge is -2.14. The van der Waals surface area contributed by atoms with Gasteiger partial charge in [0.1, 0.15) is 8.07 Å². The van der Waals surface area contributed by atoms with Crippen LogP contribution in [0.5, 0.6) is 0 Å². The predicted molar refractivity (Wildman–Crippen MR) is 336 cm³/mol. The number of rotatable bonds is 9. The highest BCUT2D eigenvalue weighted by Crippen LogP contribution is 2.36. The first-order chi connectivity index (χ1) is 37.7. The Balaban J connectivity index is 0.000000132. The van der Waals surface area contributed by atoms with E-state index in [1.54, 1.807) is 0 Å². The predicted octanol–water partition coefficient (Wildman–Crippen LogP) is 20.2. The van der Waals surface area contributed by atoms with E-state index in [0.717, 1.165) is 31.6 Å². The van der Waals surface area contributed by atoms with Crippen LogP contribution in [-0.4, -0.2) is 21.8 Å². The molecule has 0 saturated heterocycles. The van der Waals surface area contributed by atoms with Gasteiger partial charge in [-0.3, -0.25) is 0 Å². The van der Waals surface area contributed by atoms with Gasteiger partial charge < -0.3 is 13.7 Å². The Morgan fingerprint density at radius 1 is 0.260 bits per heavy atom. The molecule has 3 nitrogen and oxygen atoms in total. The third-order valence-electron chi connectivity index (χ3n) is 12.9. The molecule has 3 aromatic heterocycles. The van der Waals surface area contributed by atoms with Gasteiger partial charge in [-0.05, 0) is 143 Å². The lowest BCUT2D eigenvalue weighted by atomic mass is 10.1. The van der Waals surface area contributed by atoms with Crippen LogP contribution in [0, 0.1) is 11.5 Å². The fourth-order valence-electron chi connectivity index (χ4n) is 9.28. The summed E-state index contributed by atoms with van der Waals surface area (Å²) in [5, 5.41) is 0. The molecule has 0 unspecified atom stereocenters. The van der Waals surface area contributed by atoms with E-state index in [0.29, 0.717) is 0 Å². The lowest BCUT2D eigenvalue weighted by Crippen LogP contribution is -2.16. The standard InChI is InChI=1S/C27H25NSi.2C22H16BrN/c1-29(2,3)21-20-22-14-16-25(17-15-22)28-26(23-10-6-4-7-11-23)18-19-27(28)24-12-8-5-9-13-24;2*23-19-11-13-20(14-12-19)24-21(17-7-3-1-4-8-17)15-16-22(24)18-9-5-2-6-10-18/h4-19H,1-3H3;2*1-16H. The Morgan fingerprint density at radius 2 is 0.468 bits per heavy atom. The summed E-state index contributed by atoms with van der Waals surface area (Å²) in [6.45, 7) is 6.81. The molecule has 0 aliphatic rings. The van der Waals surface area contributed by atoms with Crippen molar-refractivity contribution in [1.82, 2.24) is 13.7 Å². The topological polar surface area (TPSA) is 14.8 Å². The summed E-state index contributed by atoms with van der Waals surface area (Å²) in [7, 11) is -1.38. The fraction of sp³-hybridized carbons (Fsp3) is 0.0423. The summed E-state index contributed by atoms with van der Waals surface area (Å²) >= 11 is 7.05. The SMILES string of the molecule is Brc1ccc(-n2c(-c3ccccc3)ccc2-c2ccccc2)cc1.Brc1ccc(-n2c(-c3ccccc3)ccc2-c2ccccc2)cc1.C[Si](C)(C)C#Cc1ccc(-n2c(-c3ccccc3)ccc2-c2ccccc2)cc1. The summed E-state index contributed by atoms with van der Waals surface area (Å²) in [4.78, 5) is 0. The molecule has 0 aliphatic carbocycles. The molecule has 12 rings (SSSR count). The van der Waals surface area contributed by atoms with E-state index in [4.69, 9.17) is 0 Å². The maximum Gasteiger partial charge on any atom is 0.129 e. The number of hydrogen-bond donors (Lipinski definition) is 0. The Kier molecular flexibility index (Phi) is 16.5. The molecule has 0 amide bonds. The molecule has 0 saturated carbocycles. The van der Waals surface area contributed by atoms with Gasteiger partial charge >= 0.3 is 0 Å². The van der Waals surface area contributed by atoms with E-state index in [1.807, 2.05) is 0 Å². The highest BCUT2D eigenvalue weighted by Gasteiger charge is 2.17. The first-order valence-corrected chi connectivity index (χ1v) is 30.9. The van der Waals surface area contributed by atoms with Crippen molar-refractivity contribution < 1.29 is 0 Å². The van der Waals surface area contributed by atoms with Crippen molar-refractivity contribution in [2.75, 3.05) is 0 Å². The van der Waals surface area contributed by atoms with Gasteiger partial charge in [0, 0.05) is 31.6 Å². The number of nitrogens with zero attached hydrogens (tertiary/aromatic N) is 3. The minimum atomic E-state index is -1.38. The first-order valence-electron chi connectivity index (χ1n) is 25.8. The van der Waals surface area contributed by atoms with Gasteiger partial charge in [0.15, 0.2) is 0 Å². The molecule has 6 heteroatoms. The number of hydrogen-bond acceptors (Lipinski definition) is 0. The normalized spacial score (nSPS) is 10.8. The zero-order valence-electron chi connectivity index (χ0n) is 43.3. The molecule has 374 valence electrons. The molecule has 0 bridgehead atoms. The number of halogens is 2. The molecule has 9 aromatic carbocycles. The van der Waals surface area contributed by atoms with Crippen LogP contribution in [0.15, 0.2) is 300 Å². The van der Waals surface area contributed by atoms with Crippen molar-refractivity contribution in [2.45, 2.75) is 19.6 Å². The Bertz CT molecular complexity index is 3520. The van der Waals surface area contributed by atoms with Crippen molar-refractivity contribution in [3.63, 3.8) is 0 Å². The van der Waals surface area contributed by atoms with Gasteiger partial charge in [-0.15, -0.1) is 5.54 Å². The van der Waals surface area contributed by atoms with Gasteiger partial charge in [0.05, 0.1) is 34.2 Å². The van der Waals surface area contributed by atoms with E-state index >= 15 is 0 Å². The van der Waals surface area contributed by atoms with E-state index in [2.05, 4.69) is 368 Å². The fourth-order valence-corrected chi connectivity index (χ4v) is 10.3. The van der Waals surface area contributed by atoms with Crippen LogP contribution in [0.2, 0.25) is 19.6 Å². The van der Waals surface area contributed by atoms with Gasteiger partial charge in [-0.2, -0.15) is 0 Å². The van der Waals surface area contributed by atoms with Crippen molar-refractivity contribution in [1.29, 1.82) is 0 Å². The van der Waals surface area contributed by atoms with Gasteiger partial charge in [-0.1, -0.05) is 239 Å². The van der Waals surface area contributed by atoms with Gasteiger partial charge in [-0.25, -0.2) is 0 Å². The summed E-state index contributed by atoms with van der Waals surface area (Å²) in [5.41, 5.74) is 22.4. The van der Waals surface area contributed by atoms with Crippen molar-refractivity contribution in [2.24, 2.45) is 0 Å². The Morgan fingerprint density at radius 3 is 0.675 bits per heavy atom. The maximum absolute atomic E-state index is 3.53. The van der Waals surface area contributed by atoms with E-state index < -0.39 is 8.07 Å². The molecular weight excluding hydrogens is 1080 g/mol. The molecular formula is C71H57Br2N3Si. The lowest BCUT2D eigenvalue weighted by molar-refractivity contribution is 1.09. The Labute approximate surface area is 471 Å². The minimum absolute atomic E-state index is 1.07. The molecule has 0 radical (unpaired) electrons. The molecule has 12 aromatic rings. The summed E-state index contributed by atoms with van der Waals surface area (Å²) < 4.78 is 9.14. The third-order valence-corrected chi connectivity index (χ3v) is 14.9. The Hall–Kier alpha value is -8.44. The smallest absolute Gasteiger partial charge is 0.129 e. The molecule has 0 fully saturated rings. The van der Waals surface area contributed by atoms with Crippen LogP contribution in [-0.2, 0) is 0 Å². The average Bonchev–Trinajstić information content (AvgIpc) is 4.30. The van der Waals surface area contributed by atoms with Gasteiger partial charge in [0.2, 0.25) is 0 Å². The first kappa shape index (κ1) is 52.0.